The van der Waals surface area contributed by atoms with Crippen molar-refractivity contribution >= 4 is 15.9 Å². The van der Waals surface area contributed by atoms with E-state index in [9.17, 15) is 4.39 Å². The molecule has 0 amide bonds. The van der Waals surface area contributed by atoms with Gasteiger partial charge in [-0.25, -0.2) is 9.37 Å². The Morgan fingerprint density at radius 3 is 2.88 bits per heavy atom. The highest BCUT2D eigenvalue weighted by Gasteiger charge is 2.04. The first-order valence-corrected chi connectivity index (χ1v) is 6.43. The van der Waals surface area contributed by atoms with Crippen molar-refractivity contribution in [2.75, 3.05) is 0 Å². The molecular formula is C13H14BrFN2. The maximum atomic E-state index is 13.3. The number of hydrogen-bond donors (Lipinski definition) is 0. The summed E-state index contributed by atoms with van der Waals surface area (Å²) in [4.78, 5) is 4.30. The van der Waals surface area contributed by atoms with Gasteiger partial charge in [0.25, 0.3) is 0 Å². The SMILES string of the molecule is CCCc1nccn1Cc1cc(F)cc(Br)c1. The summed E-state index contributed by atoms with van der Waals surface area (Å²) in [6.07, 6.45) is 5.73. The fourth-order valence-corrected chi connectivity index (χ4v) is 2.35. The van der Waals surface area contributed by atoms with E-state index in [1.54, 1.807) is 12.3 Å². The molecule has 1 aromatic heterocycles. The quantitative estimate of drug-likeness (QED) is 0.839. The molecule has 2 nitrogen and oxygen atoms in total. The summed E-state index contributed by atoms with van der Waals surface area (Å²) in [5, 5.41) is 0. The van der Waals surface area contributed by atoms with Crippen LogP contribution in [0.5, 0.6) is 0 Å². The summed E-state index contributed by atoms with van der Waals surface area (Å²) >= 11 is 3.30. The van der Waals surface area contributed by atoms with E-state index in [0.717, 1.165) is 28.7 Å². The number of halogens is 2. The first-order chi connectivity index (χ1) is 8.19. The molecule has 0 saturated carbocycles. The zero-order valence-electron chi connectivity index (χ0n) is 9.66. The molecule has 0 saturated heterocycles. The van der Waals surface area contributed by atoms with E-state index >= 15 is 0 Å². The Balaban J connectivity index is 2.22. The molecule has 0 bridgehead atoms. The molecule has 2 aromatic rings. The summed E-state index contributed by atoms with van der Waals surface area (Å²) in [5.41, 5.74) is 0.937. The number of benzene rings is 1. The summed E-state index contributed by atoms with van der Waals surface area (Å²) in [6.45, 7) is 2.78. The van der Waals surface area contributed by atoms with Gasteiger partial charge in [-0.15, -0.1) is 0 Å². The lowest BCUT2D eigenvalue weighted by molar-refractivity contribution is 0.620. The monoisotopic (exact) mass is 296 g/mol. The third kappa shape index (κ3) is 3.16. The minimum absolute atomic E-state index is 0.216. The molecule has 1 aromatic carbocycles. The van der Waals surface area contributed by atoms with Crippen LogP contribution in [0.2, 0.25) is 0 Å². The fourth-order valence-electron chi connectivity index (χ4n) is 1.83. The predicted octanol–water partition coefficient (Wildman–Crippen LogP) is 3.79. The van der Waals surface area contributed by atoms with E-state index < -0.39 is 0 Å². The highest BCUT2D eigenvalue weighted by molar-refractivity contribution is 9.10. The molecule has 0 unspecified atom stereocenters. The summed E-state index contributed by atoms with van der Waals surface area (Å²) in [7, 11) is 0. The van der Waals surface area contributed by atoms with Crippen LogP contribution in [0.3, 0.4) is 0 Å². The third-order valence-electron chi connectivity index (χ3n) is 2.55. The maximum Gasteiger partial charge on any atom is 0.124 e. The van der Waals surface area contributed by atoms with Gasteiger partial charge in [-0.2, -0.15) is 0 Å². The molecule has 0 aliphatic carbocycles. The van der Waals surface area contributed by atoms with Gasteiger partial charge in [0.2, 0.25) is 0 Å². The zero-order chi connectivity index (χ0) is 12.3. The minimum atomic E-state index is -0.216. The second-order valence-electron chi connectivity index (χ2n) is 4.00. The Bertz CT molecular complexity index is 488. The number of aryl methyl sites for hydroxylation is 1. The van der Waals surface area contributed by atoms with Crippen LogP contribution in [0.15, 0.2) is 35.1 Å². The van der Waals surface area contributed by atoms with Gasteiger partial charge in [0.05, 0.1) is 0 Å². The first kappa shape index (κ1) is 12.3. The number of rotatable bonds is 4. The van der Waals surface area contributed by atoms with Gasteiger partial charge >= 0.3 is 0 Å². The highest BCUT2D eigenvalue weighted by Crippen LogP contribution is 2.16. The largest absolute Gasteiger partial charge is 0.331 e. The van der Waals surface area contributed by atoms with Gasteiger partial charge < -0.3 is 4.57 Å². The Morgan fingerprint density at radius 2 is 2.18 bits per heavy atom. The van der Waals surface area contributed by atoms with Gasteiger partial charge in [-0.1, -0.05) is 22.9 Å². The molecule has 90 valence electrons. The predicted molar refractivity (Wildman–Crippen MR) is 69.4 cm³/mol. The zero-order valence-corrected chi connectivity index (χ0v) is 11.2. The highest BCUT2D eigenvalue weighted by atomic mass is 79.9. The summed E-state index contributed by atoms with van der Waals surface area (Å²) < 4.78 is 16.1. The van der Waals surface area contributed by atoms with E-state index in [2.05, 4.69) is 32.4 Å². The van der Waals surface area contributed by atoms with Gasteiger partial charge in [0.1, 0.15) is 11.6 Å². The molecule has 0 aliphatic heterocycles. The van der Waals surface area contributed by atoms with Crippen molar-refractivity contribution in [1.82, 2.24) is 9.55 Å². The molecule has 17 heavy (non-hydrogen) atoms. The molecule has 2 rings (SSSR count). The average Bonchev–Trinajstić information content (AvgIpc) is 2.65. The van der Waals surface area contributed by atoms with Crippen LogP contribution >= 0.6 is 15.9 Å². The van der Waals surface area contributed by atoms with Crippen molar-refractivity contribution in [2.45, 2.75) is 26.3 Å². The molecule has 0 aliphatic rings. The van der Waals surface area contributed by atoms with Crippen LogP contribution < -0.4 is 0 Å². The lowest BCUT2D eigenvalue weighted by Crippen LogP contribution is -2.04. The van der Waals surface area contributed by atoms with Crippen molar-refractivity contribution < 1.29 is 4.39 Å². The van der Waals surface area contributed by atoms with Gasteiger partial charge in [-0.3, -0.25) is 0 Å². The third-order valence-corrected chi connectivity index (χ3v) is 3.01. The maximum absolute atomic E-state index is 13.3. The van der Waals surface area contributed by atoms with Crippen LogP contribution in [0.4, 0.5) is 4.39 Å². The van der Waals surface area contributed by atoms with Crippen LogP contribution in [-0.2, 0) is 13.0 Å². The number of nitrogens with zero attached hydrogens (tertiary/aromatic N) is 2. The number of aromatic nitrogens is 2. The Labute approximate surface area is 109 Å². The van der Waals surface area contributed by atoms with E-state index in [1.807, 2.05) is 12.3 Å². The lowest BCUT2D eigenvalue weighted by Gasteiger charge is -2.08. The normalized spacial score (nSPS) is 10.8. The van der Waals surface area contributed by atoms with E-state index in [0.29, 0.717) is 6.54 Å². The van der Waals surface area contributed by atoms with Crippen molar-refractivity contribution in [1.29, 1.82) is 0 Å². The van der Waals surface area contributed by atoms with Gasteiger partial charge in [-0.05, 0) is 30.2 Å². The van der Waals surface area contributed by atoms with E-state index in [-0.39, 0.29) is 5.82 Å². The molecule has 1 heterocycles. The van der Waals surface area contributed by atoms with Crippen molar-refractivity contribution in [3.8, 4) is 0 Å². The molecule has 0 radical (unpaired) electrons. The van der Waals surface area contributed by atoms with Crippen LogP contribution in [0.25, 0.3) is 0 Å². The summed E-state index contributed by atoms with van der Waals surface area (Å²) in [5.74, 6) is 0.833. The molecular weight excluding hydrogens is 283 g/mol. The molecule has 0 atom stereocenters. The number of hydrogen-bond acceptors (Lipinski definition) is 1. The second kappa shape index (κ2) is 5.45. The Morgan fingerprint density at radius 1 is 1.35 bits per heavy atom. The van der Waals surface area contributed by atoms with Crippen molar-refractivity contribution in [2.24, 2.45) is 0 Å². The van der Waals surface area contributed by atoms with Crippen LogP contribution in [-0.4, -0.2) is 9.55 Å². The minimum Gasteiger partial charge on any atom is -0.331 e. The standard InChI is InChI=1S/C13H14BrFN2/c1-2-3-13-16-4-5-17(13)9-10-6-11(14)8-12(15)7-10/h4-8H,2-3,9H2,1H3. The van der Waals surface area contributed by atoms with Crippen molar-refractivity contribution in [3.05, 3.63) is 52.3 Å². The first-order valence-electron chi connectivity index (χ1n) is 5.64. The smallest absolute Gasteiger partial charge is 0.124 e. The molecule has 0 N–H and O–H groups in total. The molecule has 0 spiro atoms. The number of imidazole rings is 1. The second-order valence-corrected chi connectivity index (χ2v) is 4.91. The molecule has 4 heteroatoms. The topological polar surface area (TPSA) is 17.8 Å². The average molecular weight is 297 g/mol. The van der Waals surface area contributed by atoms with Crippen molar-refractivity contribution in [3.63, 3.8) is 0 Å². The molecule has 0 fully saturated rings. The lowest BCUT2D eigenvalue weighted by atomic mass is 10.2. The Kier molecular flexibility index (Phi) is 3.94. The fraction of sp³-hybridized carbons (Fsp3) is 0.308. The van der Waals surface area contributed by atoms with Gasteiger partial charge in [0, 0.05) is 29.8 Å². The summed E-state index contributed by atoms with van der Waals surface area (Å²) in [6, 6.07) is 4.95. The van der Waals surface area contributed by atoms with Crippen LogP contribution in [0.1, 0.15) is 24.7 Å². The van der Waals surface area contributed by atoms with E-state index in [1.165, 1.54) is 6.07 Å². The Hall–Kier alpha value is -1.16. The van der Waals surface area contributed by atoms with Gasteiger partial charge in [0.15, 0.2) is 0 Å². The van der Waals surface area contributed by atoms with E-state index in [4.69, 9.17) is 0 Å². The van der Waals surface area contributed by atoms with Crippen LogP contribution in [0, 0.1) is 5.82 Å².